The van der Waals surface area contributed by atoms with Crippen molar-refractivity contribution in [2.75, 3.05) is 12.1 Å². The highest BCUT2D eigenvalue weighted by atomic mass is 16.7. The predicted octanol–water partition coefficient (Wildman–Crippen LogP) is 1.70. The van der Waals surface area contributed by atoms with Gasteiger partial charge in [0.25, 0.3) is 11.5 Å². The molecule has 0 aliphatic carbocycles. The second kappa shape index (κ2) is 7.63. The summed E-state index contributed by atoms with van der Waals surface area (Å²) in [5.41, 5.74) is 0.667. The van der Waals surface area contributed by atoms with Crippen molar-refractivity contribution >= 4 is 28.5 Å². The van der Waals surface area contributed by atoms with E-state index >= 15 is 0 Å². The molecule has 2 aromatic carbocycles. The first-order valence-corrected chi connectivity index (χ1v) is 8.85. The Morgan fingerprint density at radius 1 is 1.21 bits per heavy atom. The van der Waals surface area contributed by atoms with Gasteiger partial charge in [0.15, 0.2) is 17.6 Å². The topological polar surface area (TPSA) is 109 Å². The Hall–Kier alpha value is -3.88. The normalized spacial score (nSPS) is 13.1. The number of anilines is 1. The minimum atomic E-state index is -1.06. The fraction of sp³-hybridized carbons (Fsp3) is 0.200. The Morgan fingerprint density at radius 3 is 2.86 bits per heavy atom. The number of nitrogens with zero attached hydrogens (tertiary/aromatic N) is 2. The van der Waals surface area contributed by atoms with Crippen molar-refractivity contribution < 1.29 is 23.8 Å². The van der Waals surface area contributed by atoms with E-state index in [1.165, 1.54) is 13.3 Å². The van der Waals surface area contributed by atoms with Gasteiger partial charge < -0.3 is 19.5 Å². The van der Waals surface area contributed by atoms with Gasteiger partial charge in [-0.3, -0.25) is 19.0 Å². The van der Waals surface area contributed by atoms with Crippen molar-refractivity contribution in [3.05, 3.63) is 59.1 Å². The zero-order chi connectivity index (χ0) is 20.4. The van der Waals surface area contributed by atoms with Gasteiger partial charge in [-0.2, -0.15) is 0 Å². The standard InChI is InChI=1S/C20H17N3O6/c1-12(19(25)22-13-6-7-16-17(8-13)28-11-27-16)29-18(24)9-23-10-21-15-5-3-2-4-14(15)20(23)26/h2-8,10,12H,9,11H2,1H3,(H,22,25)/t12-/m0/s1. The lowest BCUT2D eigenvalue weighted by molar-refractivity contribution is -0.153. The summed E-state index contributed by atoms with van der Waals surface area (Å²) in [6.07, 6.45) is 0.223. The first-order valence-electron chi connectivity index (χ1n) is 8.85. The summed E-state index contributed by atoms with van der Waals surface area (Å²) >= 11 is 0. The van der Waals surface area contributed by atoms with E-state index in [2.05, 4.69) is 10.3 Å². The van der Waals surface area contributed by atoms with E-state index in [0.717, 1.165) is 4.57 Å². The van der Waals surface area contributed by atoms with Gasteiger partial charge in [0.2, 0.25) is 6.79 Å². The molecule has 0 saturated heterocycles. The lowest BCUT2D eigenvalue weighted by Gasteiger charge is -2.14. The van der Waals surface area contributed by atoms with Gasteiger partial charge in [0.05, 0.1) is 17.2 Å². The molecular weight excluding hydrogens is 378 g/mol. The number of hydrogen-bond acceptors (Lipinski definition) is 7. The third kappa shape index (κ3) is 3.88. The van der Waals surface area contributed by atoms with E-state index in [4.69, 9.17) is 14.2 Å². The SMILES string of the molecule is C[C@H](OC(=O)Cn1cnc2ccccc2c1=O)C(=O)Nc1ccc2c(c1)OCO2. The van der Waals surface area contributed by atoms with Crippen LogP contribution in [0.1, 0.15) is 6.92 Å². The summed E-state index contributed by atoms with van der Waals surface area (Å²) in [6, 6.07) is 11.8. The highest BCUT2D eigenvalue weighted by Crippen LogP contribution is 2.34. The van der Waals surface area contributed by atoms with Gasteiger partial charge in [-0.1, -0.05) is 12.1 Å². The van der Waals surface area contributed by atoms with Gasteiger partial charge in [-0.05, 0) is 31.2 Å². The molecule has 2 heterocycles. The molecule has 1 amide bonds. The molecule has 9 heteroatoms. The van der Waals surface area contributed by atoms with E-state index in [1.54, 1.807) is 42.5 Å². The molecular formula is C20H17N3O6. The summed E-state index contributed by atoms with van der Waals surface area (Å²) in [4.78, 5) is 41.1. The zero-order valence-corrected chi connectivity index (χ0v) is 15.5. The molecule has 29 heavy (non-hydrogen) atoms. The van der Waals surface area contributed by atoms with Crippen molar-refractivity contribution in [3.8, 4) is 11.5 Å². The third-order valence-corrected chi connectivity index (χ3v) is 4.35. The Bertz CT molecular complexity index is 1160. The average Bonchev–Trinajstić information content (AvgIpc) is 3.18. The number of carbonyl (C=O) groups excluding carboxylic acids is 2. The number of carbonyl (C=O) groups is 2. The fourth-order valence-electron chi connectivity index (χ4n) is 2.86. The third-order valence-electron chi connectivity index (χ3n) is 4.35. The van der Waals surface area contributed by atoms with E-state index < -0.39 is 18.0 Å². The molecule has 9 nitrogen and oxygen atoms in total. The molecule has 1 atom stereocenters. The molecule has 1 aliphatic heterocycles. The maximum absolute atomic E-state index is 12.4. The van der Waals surface area contributed by atoms with Gasteiger partial charge >= 0.3 is 5.97 Å². The molecule has 148 valence electrons. The molecule has 0 saturated carbocycles. The number of aromatic nitrogens is 2. The molecule has 0 spiro atoms. The maximum atomic E-state index is 12.4. The molecule has 4 rings (SSSR count). The van der Waals surface area contributed by atoms with E-state index in [0.29, 0.717) is 28.1 Å². The summed E-state index contributed by atoms with van der Waals surface area (Å²) in [7, 11) is 0. The number of amides is 1. The van der Waals surface area contributed by atoms with Crippen LogP contribution in [0, 0.1) is 0 Å². The van der Waals surface area contributed by atoms with Crippen LogP contribution in [0.25, 0.3) is 10.9 Å². The zero-order valence-electron chi connectivity index (χ0n) is 15.5. The van der Waals surface area contributed by atoms with E-state index in [9.17, 15) is 14.4 Å². The van der Waals surface area contributed by atoms with Crippen LogP contribution < -0.4 is 20.3 Å². The fourth-order valence-corrected chi connectivity index (χ4v) is 2.86. The molecule has 3 aromatic rings. The number of ether oxygens (including phenoxy) is 3. The first-order chi connectivity index (χ1) is 14.0. The number of nitrogens with one attached hydrogen (secondary N) is 1. The van der Waals surface area contributed by atoms with Crippen LogP contribution >= 0.6 is 0 Å². The van der Waals surface area contributed by atoms with E-state index in [1.807, 2.05) is 0 Å². The second-order valence-electron chi connectivity index (χ2n) is 6.38. The Kier molecular flexibility index (Phi) is 4.86. The molecule has 1 N–H and O–H groups in total. The molecule has 0 radical (unpaired) electrons. The largest absolute Gasteiger partial charge is 0.454 e. The highest BCUT2D eigenvalue weighted by Gasteiger charge is 2.20. The molecule has 1 aromatic heterocycles. The lowest BCUT2D eigenvalue weighted by atomic mass is 10.2. The second-order valence-corrected chi connectivity index (χ2v) is 6.38. The van der Waals surface area contributed by atoms with Crippen LogP contribution in [0.2, 0.25) is 0 Å². The van der Waals surface area contributed by atoms with Crippen molar-refractivity contribution in [2.45, 2.75) is 19.6 Å². The van der Waals surface area contributed by atoms with Crippen molar-refractivity contribution in [2.24, 2.45) is 0 Å². The van der Waals surface area contributed by atoms with Gasteiger partial charge in [-0.15, -0.1) is 0 Å². The number of benzene rings is 2. The Labute approximate surface area is 164 Å². The molecule has 0 unspecified atom stereocenters. The number of para-hydroxylation sites is 1. The average molecular weight is 395 g/mol. The number of rotatable bonds is 5. The van der Waals surface area contributed by atoms with Crippen LogP contribution in [0.3, 0.4) is 0 Å². The van der Waals surface area contributed by atoms with Crippen molar-refractivity contribution in [1.29, 1.82) is 0 Å². The smallest absolute Gasteiger partial charge is 0.326 e. The molecule has 0 bridgehead atoms. The highest BCUT2D eigenvalue weighted by molar-refractivity contribution is 5.95. The lowest BCUT2D eigenvalue weighted by Crippen LogP contribution is -2.33. The van der Waals surface area contributed by atoms with Gasteiger partial charge in [0, 0.05) is 11.8 Å². The van der Waals surface area contributed by atoms with Gasteiger partial charge in [-0.25, -0.2) is 4.98 Å². The first kappa shape index (κ1) is 18.5. The van der Waals surface area contributed by atoms with Crippen LogP contribution in [0.4, 0.5) is 5.69 Å². The maximum Gasteiger partial charge on any atom is 0.326 e. The summed E-state index contributed by atoms with van der Waals surface area (Å²) in [6.45, 7) is 1.23. The molecule has 0 fully saturated rings. The minimum absolute atomic E-state index is 0.129. The number of fused-ring (bicyclic) bond motifs is 2. The summed E-state index contributed by atoms with van der Waals surface area (Å²) in [5.74, 6) is -0.119. The Morgan fingerprint density at radius 2 is 2.00 bits per heavy atom. The van der Waals surface area contributed by atoms with Crippen LogP contribution in [0.15, 0.2) is 53.6 Å². The van der Waals surface area contributed by atoms with Crippen molar-refractivity contribution in [1.82, 2.24) is 9.55 Å². The van der Waals surface area contributed by atoms with E-state index in [-0.39, 0.29) is 18.9 Å². The number of esters is 1. The quantitative estimate of drug-likeness (QED) is 0.655. The molecule has 1 aliphatic rings. The van der Waals surface area contributed by atoms with Gasteiger partial charge in [0.1, 0.15) is 6.54 Å². The minimum Gasteiger partial charge on any atom is -0.454 e. The van der Waals surface area contributed by atoms with Crippen LogP contribution in [0.5, 0.6) is 11.5 Å². The predicted molar refractivity (Wildman–Crippen MR) is 103 cm³/mol. The summed E-state index contributed by atoms with van der Waals surface area (Å²) < 4.78 is 16.8. The van der Waals surface area contributed by atoms with Crippen LogP contribution in [-0.2, 0) is 20.9 Å². The number of hydrogen-bond donors (Lipinski definition) is 1. The monoisotopic (exact) mass is 395 g/mol. The van der Waals surface area contributed by atoms with Crippen LogP contribution in [-0.4, -0.2) is 34.3 Å². The Balaban J connectivity index is 1.38. The van der Waals surface area contributed by atoms with Crippen molar-refractivity contribution in [3.63, 3.8) is 0 Å². The summed E-state index contributed by atoms with van der Waals surface area (Å²) in [5, 5.41) is 3.04.